The van der Waals surface area contributed by atoms with Gasteiger partial charge in [0.2, 0.25) is 5.91 Å². The first kappa shape index (κ1) is 17.5. The van der Waals surface area contributed by atoms with Crippen LogP contribution in [0, 0.1) is 17.5 Å². The molecule has 0 bridgehead atoms. The fourth-order valence-corrected chi connectivity index (χ4v) is 1.66. The van der Waals surface area contributed by atoms with Crippen molar-refractivity contribution in [2.75, 3.05) is 13.2 Å². The zero-order valence-electron chi connectivity index (χ0n) is 11.8. The van der Waals surface area contributed by atoms with Crippen molar-refractivity contribution in [1.82, 2.24) is 5.32 Å². The van der Waals surface area contributed by atoms with Gasteiger partial charge in [-0.15, -0.1) is 0 Å². The van der Waals surface area contributed by atoms with Crippen LogP contribution in [0.3, 0.4) is 0 Å². The lowest BCUT2D eigenvalue weighted by molar-refractivity contribution is -0.123. The van der Waals surface area contributed by atoms with Crippen LogP contribution in [-0.4, -0.2) is 30.3 Å². The minimum Gasteiger partial charge on any atom is -0.394 e. The van der Waals surface area contributed by atoms with Gasteiger partial charge in [0.15, 0.2) is 17.5 Å². The Morgan fingerprint density at radius 2 is 1.86 bits per heavy atom. The van der Waals surface area contributed by atoms with Crippen molar-refractivity contribution in [2.24, 2.45) is 0 Å². The monoisotopic (exact) mass is 305 g/mol. The number of aliphatic hydroxyl groups excluding tert-OH is 1. The molecule has 7 heteroatoms. The Bertz CT molecular complexity index is 471. The van der Waals surface area contributed by atoms with Crippen molar-refractivity contribution in [3.05, 3.63) is 35.1 Å². The van der Waals surface area contributed by atoms with Gasteiger partial charge in [0.1, 0.15) is 0 Å². The Morgan fingerprint density at radius 1 is 1.29 bits per heavy atom. The normalized spacial score (nSPS) is 12.5. The van der Waals surface area contributed by atoms with Gasteiger partial charge in [-0.25, -0.2) is 13.2 Å². The third kappa shape index (κ3) is 5.35. The van der Waals surface area contributed by atoms with Crippen molar-refractivity contribution >= 4 is 5.91 Å². The van der Waals surface area contributed by atoms with Crippen LogP contribution in [0.1, 0.15) is 31.9 Å². The van der Waals surface area contributed by atoms with E-state index >= 15 is 0 Å². The van der Waals surface area contributed by atoms with Crippen molar-refractivity contribution in [1.29, 1.82) is 0 Å². The third-order valence-electron chi connectivity index (χ3n) is 2.71. The van der Waals surface area contributed by atoms with E-state index in [-0.39, 0.29) is 24.7 Å². The fourth-order valence-electron chi connectivity index (χ4n) is 1.66. The highest BCUT2D eigenvalue weighted by Crippen LogP contribution is 2.19. The van der Waals surface area contributed by atoms with Crippen LogP contribution in [-0.2, 0) is 9.53 Å². The molecule has 1 aromatic rings. The first-order chi connectivity index (χ1) is 9.85. The molecule has 0 saturated carbocycles. The van der Waals surface area contributed by atoms with E-state index in [9.17, 15) is 23.1 Å². The van der Waals surface area contributed by atoms with Gasteiger partial charge in [0.05, 0.1) is 25.4 Å². The summed E-state index contributed by atoms with van der Waals surface area (Å²) in [5.41, 5.74) is -0.0490. The Hall–Kier alpha value is -1.60. The van der Waals surface area contributed by atoms with Crippen molar-refractivity contribution in [3.8, 4) is 0 Å². The number of nitrogens with one attached hydrogen (secondary N) is 1. The maximum absolute atomic E-state index is 13.1. The maximum Gasteiger partial charge on any atom is 0.222 e. The number of benzene rings is 1. The zero-order chi connectivity index (χ0) is 16.0. The van der Waals surface area contributed by atoms with Crippen LogP contribution in [0.5, 0.6) is 0 Å². The molecular formula is C14H18F3NO3. The molecule has 1 rings (SSSR count). The Balaban J connectivity index is 2.68. The van der Waals surface area contributed by atoms with Crippen molar-refractivity contribution < 1.29 is 27.8 Å². The third-order valence-corrected chi connectivity index (χ3v) is 2.71. The largest absolute Gasteiger partial charge is 0.394 e. The van der Waals surface area contributed by atoms with Gasteiger partial charge in [-0.3, -0.25) is 4.79 Å². The average Bonchev–Trinajstić information content (AvgIpc) is 2.41. The smallest absolute Gasteiger partial charge is 0.222 e. The molecule has 0 radical (unpaired) electrons. The van der Waals surface area contributed by atoms with Gasteiger partial charge in [-0.05, 0) is 31.5 Å². The standard InChI is InChI=1S/C14H18F3NO3/c1-8(2)21-4-3-13(20)18-12(7-19)9-5-10(15)14(17)11(16)6-9/h5-6,8,12,19H,3-4,7H2,1-2H3,(H,18,20). The van der Waals surface area contributed by atoms with E-state index in [0.717, 1.165) is 12.1 Å². The average molecular weight is 305 g/mol. The first-order valence-electron chi connectivity index (χ1n) is 6.51. The zero-order valence-corrected chi connectivity index (χ0v) is 11.8. The van der Waals surface area contributed by atoms with Crippen molar-refractivity contribution in [2.45, 2.75) is 32.4 Å². The van der Waals surface area contributed by atoms with Crippen LogP contribution in [0.4, 0.5) is 13.2 Å². The number of carbonyl (C=O) groups excluding carboxylic acids is 1. The number of ether oxygens (including phenoxy) is 1. The van der Waals surface area contributed by atoms with Gasteiger partial charge < -0.3 is 15.2 Å². The van der Waals surface area contributed by atoms with Gasteiger partial charge in [-0.1, -0.05) is 0 Å². The molecule has 21 heavy (non-hydrogen) atoms. The number of amides is 1. The summed E-state index contributed by atoms with van der Waals surface area (Å²) in [6.07, 6.45) is 0.0210. The molecule has 0 aliphatic heterocycles. The van der Waals surface area contributed by atoms with Gasteiger partial charge >= 0.3 is 0 Å². The Kier molecular flexibility index (Phi) is 6.64. The number of rotatable bonds is 7. The minimum absolute atomic E-state index is 0.0215. The molecule has 1 atom stereocenters. The Morgan fingerprint density at radius 3 is 2.33 bits per heavy atom. The topological polar surface area (TPSA) is 58.6 Å². The lowest BCUT2D eigenvalue weighted by atomic mass is 10.1. The lowest BCUT2D eigenvalue weighted by Crippen LogP contribution is -2.31. The number of aliphatic hydroxyl groups is 1. The van der Waals surface area contributed by atoms with E-state index in [0.29, 0.717) is 0 Å². The summed E-state index contributed by atoms with van der Waals surface area (Å²) < 4.78 is 44.3. The van der Waals surface area contributed by atoms with Crippen LogP contribution in [0.2, 0.25) is 0 Å². The summed E-state index contributed by atoms with van der Waals surface area (Å²) in [6, 6.07) is 0.468. The molecule has 0 saturated heterocycles. The summed E-state index contributed by atoms with van der Waals surface area (Å²) in [4.78, 5) is 11.6. The molecule has 0 heterocycles. The molecule has 0 spiro atoms. The summed E-state index contributed by atoms with van der Waals surface area (Å²) >= 11 is 0. The van der Waals surface area contributed by atoms with Crippen LogP contribution >= 0.6 is 0 Å². The highest BCUT2D eigenvalue weighted by Gasteiger charge is 2.18. The highest BCUT2D eigenvalue weighted by molar-refractivity contribution is 5.76. The van der Waals surface area contributed by atoms with Crippen LogP contribution in [0.25, 0.3) is 0 Å². The van der Waals surface area contributed by atoms with Crippen LogP contribution in [0.15, 0.2) is 12.1 Å². The molecule has 1 unspecified atom stereocenters. The molecule has 2 N–H and O–H groups in total. The second-order valence-corrected chi connectivity index (χ2v) is 4.77. The van der Waals surface area contributed by atoms with E-state index < -0.39 is 36.0 Å². The maximum atomic E-state index is 13.1. The predicted molar refractivity (Wildman–Crippen MR) is 70.0 cm³/mol. The van der Waals surface area contributed by atoms with Gasteiger partial charge in [0.25, 0.3) is 0 Å². The molecular weight excluding hydrogens is 287 g/mol. The molecule has 0 fully saturated rings. The number of carbonyl (C=O) groups is 1. The molecule has 1 amide bonds. The highest BCUT2D eigenvalue weighted by atomic mass is 19.2. The van der Waals surface area contributed by atoms with Crippen molar-refractivity contribution in [3.63, 3.8) is 0 Å². The molecule has 4 nitrogen and oxygen atoms in total. The van der Waals surface area contributed by atoms with E-state index in [4.69, 9.17) is 4.74 Å². The summed E-state index contributed by atoms with van der Waals surface area (Å²) in [5, 5.41) is 11.6. The number of halogens is 3. The van der Waals surface area contributed by atoms with E-state index in [1.165, 1.54) is 0 Å². The summed E-state index contributed by atoms with van der Waals surface area (Å²) in [7, 11) is 0. The number of hydrogen-bond acceptors (Lipinski definition) is 3. The predicted octanol–water partition coefficient (Wildman–Crippen LogP) is 2.07. The van der Waals surface area contributed by atoms with E-state index in [1.54, 1.807) is 0 Å². The molecule has 118 valence electrons. The SMILES string of the molecule is CC(C)OCCC(=O)NC(CO)c1cc(F)c(F)c(F)c1. The molecule has 0 aliphatic carbocycles. The first-order valence-corrected chi connectivity index (χ1v) is 6.51. The minimum atomic E-state index is -1.59. The molecule has 0 aromatic heterocycles. The second kappa shape index (κ2) is 7.99. The summed E-state index contributed by atoms with van der Waals surface area (Å²) in [5.74, 6) is -4.78. The van der Waals surface area contributed by atoms with Crippen LogP contribution < -0.4 is 5.32 Å². The Labute approximate surface area is 120 Å². The van der Waals surface area contributed by atoms with E-state index in [2.05, 4.69) is 5.32 Å². The lowest BCUT2D eigenvalue weighted by Gasteiger charge is -2.17. The van der Waals surface area contributed by atoms with Gasteiger partial charge in [-0.2, -0.15) is 0 Å². The quantitative estimate of drug-likeness (QED) is 0.758. The fraction of sp³-hybridized carbons (Fsp3) is 0.500. The molecule has 1 aromatic carbocycles. The van der Waals surface area contributed by atoms with Gasteiger partial charge in [0, 0.05) is 6.42 Å². The summed E-state index contributed by atoms with van der Waals surface area (Å²) in [6.45, 7) is 3.26. The second-order valence-electron chi connectivity index (χ2n) is 4.77. The van der Waals surface area contributed by atoms with E-state index in [1.807, 2.05) is 13.8 Å². The molecule has 0 aliphatic rings. The number of hydrogen-bond donors (Lipinski definition) is 2.